The van der Waals surface area contributed by atoms with E-state index < -0.39 is 0 Å². The number of anilines is 1. The van der Waals surface area contributed by atoms with E-state index in [9.17, 15) is 9.59 Å². The van der Waals surface area contributed by atoms with Crippen LogP contribution in [0, 0.1) is 0 Å². The monoisotopic (exact) mass is 434 g/mol. The number of carbonyl (C=O) groups excluding carboxylic acids is 2. The van der Waals surface area contributed by atoms with Crippen molar-refractivity contribution in [2.75, 3.05) is 11.4 Å². The first-order valence-corrected chi connectivity index (χ1v) is 10.9. The minimum atomic E-state index is -0.109. The highest BCUT2D eigenvalue weighted by Gasteiger charge is 2.21. The molecule has 162 valence electrons. The van der Waals surface area contributed by atoms with Gasteiger partial charge in [-0.05, 0) is 67.1 Å². The fourth-order valence-electron chi connectivity index (χ4n) is 3.94. The van der Waals surface area contributed by atoms with Gasteiger partial charge in [-0.3, -0.25) is 14.6 Å². The van der Waals surface area contributed by atoms with Gasteiger partial charge in [-0.25, -0.2) is 4.68 Å². The maximum Gasteiger partial charge on any atom is 0.227 e. The molecule has 1 amide bonds. The number of hydrogen-bond donors (Lipinski definition) is 0. The normalized spacial score (nSPS) is 13.7. The van der Waals surface area contributed by atoms with E-state index in [1.54, 1.807) is 41.6 Å². The molecule has 1 aliphatic rings. The third-order valence-electron chi connectivity index (χ3n) is 5.67. The first kappa shape index (κ1) is 20.6. The second kappa shape index (κ2) is 9.04. The number of ketones is 1. The minimum Gasteiger partial charge on any atom is -0.312 e. The van der Waals surface area contributed by atoms with Gasteiger partial charge in [0.05, 0.1) is 5.69 Å². The second-order valence-electron chi connectivity index (χ2n) is 7.84. The quantitative estimate of drug-likeness (QED) is 0.318. The lowest BCUT2D eigenvalue weighted by atomic mass is 10.1. The summed E-state index contributed by atoms with van der Waals surface area (Å²) in [6.45, 7) is 0.731. The first-order chi connectivity index (χ1) is 16.2. The molecule has 4 aromatic rings. The van der Waals surface area contributed by atoms with Gasteiger partial charge < -0.3 is 4.90 Å². The molecular weight excluding hydrogens is 412 g/mol. The average molecular weight is 434 g/mol. The van der Waals surface area contributed by atoms with Gasteiger partial charge in [0.1, 0.15) is 5.69 Å². The van der Waals surface area contributed by atoms with Crippen LogP contribution < -0.4 is 4.90 Å². The molecule has 0 saturated carbocycles. The van der Waals surface area contributed by atoms with Gasteiger partial charge in [0.15, 0.2) is 5.78 Å². The minimum absolute atomic E-state index is 0.109. The van der Waals surface area contributed by atoms with E-state index in [0.717, 1.165) is 41.2 Å². The van der Waals surface area contributed by atoms with Gasteiger partial charge in [0.25, 0.3) is 0 Å². The Hall–Kier alpha value is -4.32. The molecule has 0 aliphatic carbocycles. The molecule has 6 nitrogen and oxygen atoms in total. The Morgan fingerprint density at radius 3 is 2.36 bits per heavy atom. The molecule has 0 spiro atoms. The van der Waals surface area contributed by atoms with E-state index >= 15 is 0 Å². The van der Waals surface area contributed by atoms with Crippen LogP contribution in [-0.2, 0) is 4.79 Å². The van der Waals surface area contributed by atoms with Crippen molar-refractivity contribution in [2.24, 2.45) is 0 Å². The highest BCUT2D eigenvalue weighted by atomic mass is 16.2. The van der Waals surface area contributed by atoms with Gasteiger partial charge in [-0.15, -0.1) is 0 Å². The predicted molar refractivity (Wildman–Crippen MR) is 128 cm³/mol. The molecule has 0 unspecified atom stereocenters. The van der Waals surface area contributed by atoms with Crippen molar-refractivity contribution >= 4 is 23.5 Å². The maximum absolute atomic E-state index is 12.8. The summed E-state index contributed by atoms with van der Waals surface area (Å²) < 4.78 is 1.81. The molecule has 5 rings (SSSR count). The van der Waals surface area contributed by atoms with E-state index in [4.69, 9.17) is 5.10 Å². The number of para-hydroxylation sites is 1. The number of aromatic nitrogens is 3. The molecule has 1 saturated heterocycles. The van der Waals surface area contributed by atoms with Crippen molar-refractivity contribution in [1.82, 2.24) is 14.8 Å². The summed E-state index contributed by atoms with van der Waals surface area (Å²) in [5.74, 6) is 0.0236. The van der Waals surface area contributed by atoms with Crippen molar-refractivity contribution < 1.29 is 9.59 Å². The van der Waals surface area contributed by atoms with Crippen LogP contribution in [0.2, 0.25) is 0 Å². The van der Waals surface area contributed by atoms with E-state index in [1.165, 1.54) is 0 Å². The van der Waals surface area contributed by atoms with Crippen LogP contribution in [0.1, 0.15) is 28.8 Å². The fraction of sp³-hybridized carbons (Fsp3) is 0.111. The third kappa shape index (κ3) is 4.36. The van der Waals surface area contributed by atoms with Crippen molar-refractivity contribution in [3.05, 3.63) is 103 Å². The first-order valence-electron chi connectivity index (χ1n) is 10.9. The summed E-state index contributed by atoms with van der Waals surface area (Å²) >= 11 is 0. The zero-order valence-electron chi connectivity index (χ0n) is 18.0. The zero-order valence-corrected chi connectivity index (χ0v) is 18.0. The molecule has 3 heterocycles. The lowest BCUT2D eigenvalue weighted by Gasteiger charge is -2.15. The van der Waals surface area contributed by atoms with Gasteiger partial charge >= 0.3 is 0 Å². The number of allylic oxidation sites excluding steroid dienone is 1. The highest BCUT2D eigenvalue weighted by Crippen LogP contribution is 2.25. The summed E-state index contributed by atoms with van der Waals surface area (Å²) in [6.07, 6.45) is 10.2. The van der Waals surface area contributed by atoms with Crippen molar-refractivity contribution in [3.8, 4) is 16.9 Å². The topological polar surface area (TPSA) is 68.1 Å². The molecule has 2 aromatic heterocycles. The number of carbonyl (C=O) groups is 2. The van der Waals surface area contributed by atoms with Crippen molar-refractivity contribution in [1.29, 1.82) is 0 Å². The summed E-state index contributed by atoms with van der Waals surface area (Å²) in [4.78, 5) is 30.6. The van der Waals surface area contributed by atoms with Crippen molar-refractivity contribution in [2.45, 2.75) is 12.8 Å². The van der Waals surface area contributed by atoms with E-state index in [-0.39, 0.29) is 11.7 Å². The summed E-state index contributed by atoms with van der Waals surface area (Å²) in [5, 5.41) is 4.75. The third-order valence-corrected chi connectivity index (χ3v) is 5.67. The van der Waals surface area contributed by atoms with Gasteiger partial charge in [0, 0.05) is 53.9 Å². The lowest BCUT2D eigenvalue weighted by molar-refractivity contribution is -0.117. The Morgan fingerprint density at radius 2 is 1.67 bits per heavy atom. The Bertz CT molecular complexity index is 1310. The molecule has 1 aliphatic heterocycles. The maximum atomic E-state index is 12.8. The lowest BCUT2D eigenvalue weighted by Crippen LogP contribution is -2.23. The highest BCUT2D eigenvalue weighted by molar-refractivity contribution is 6.07. The van der Waals surface area contributed by atoms with Crippen LogP contribution in [0.3, 0.4) is 0 Å². The smallest absolute Gasteiger partial charge is 0.227 e. The number of benzene rings is 2. The fourth-order valence-corrected chi connectivity index (χ4v) is 3.94. The second-order valence-corrected chi connectivity index (χ2v) is 7.84. The van der Waals surface area contributed by atoms with Crippen LogP contribution in [0.5, 0.6) is 0 Å². The van der Waals surface area contributed by atoms with Gasteiger partial charge in [0.2, 0.25) is 5.91 Å². The molecule has 6 heteroatoms. The SMILES string of the molecule is O=C(/C=C/c1cn(-c2ccccc2)nc1-c1ccncc1)c1ccc(N2CCCC2=O)cc1. The summed E-state index contributed by atoms with van der Waals surface area (Å²) in [5.41, 5.74) is 4.87. The van der Waals surface area contributed by atoms with E-state index in [2.05, 4.69) is 4.98 Å². The predicted octanol–water partition coefficient (Wildman–Crippen LogP) is 4.96. The molecule has 0 radical (unpaired) electrons. The molecule has 0 N–H and O–H groups in total. The zero-order chi connectivity index (χ0) is 22.6. The molecular formula is C27H22N4O2. The Morgan fingerprint density at radius 1 is 0.909 bits per heavy atom. The van der Waals surface area contributed by atoms with E-state index in [1.807, 2.05) is 65.5 Å². The average Bonchev–Trinajstić information content (AvgIpc) is 3.50. The van der Waals surface area contributed by atoms with Crippen molar-refractivity contribution in [3.63, 3.8) is 0 Å². The van der Waals surface area contributed by atoms with Gasteiger partial charge in [-0.1, -0.05) is 18.2 Å². The van der Waals surface area contributed by atoms with Gasteiger partial charge in [-0.2, -0.15) is 5.10 Å². The number of hydrogen-bond acceptors (Lipinski definition) is 4. The molecule has 0 atom stereocenters. The Balaban J connectivity index is 1.42. The van der Waals surface area contributed by atoms with Crippen LogP contribution >= 0.6 is 0 Å². The number of amides is 1. The standard InChI is InChI=1S/C27H22N4O2/c32-25(20-8-11-23(12-9-20)30-18-4-7-26(30)33)13-10-22-19-31(24-5-2-1-3-6-24)29-27(22)21-14-16-28-17-15-21/h1-3,5-6,8-17,19H,4,7,18H2/b13-10+. The van der Waals surface area contributed by atoms with E-state index in [0.29, 0.717) is 12.0 Å². The Kier molecular flexibility index (Phi) is 5.64. The number of nitrogens with zero attached hydrogens (tertiary/aromatic N) is 4. The molecule has 1 fully saturated rings. The number of rotatable bonds is 6. The summed E-state index contributed by atoms with van der Waals surface area (Å²) in [6, 6.07) is 20.8. The Labute approximate surface area is 191 Å². The summed E-state index contributed by atoms with van der Waals surface area (Å²) in [7, 11) is 0. The molecule has 0 bridgehead atoms. The molecule has 33 heavy (non-hydrogen) atoms. The van der Waals surface area contributed by atoms with Crippen LogP contribution in [-0.4, -0.2) is 33.0 Å². The van der Waals surface area contributed by atoms with Crippen LogP contribution in [0.4, 0.5) is 5.69 Å². The molecule has 2 aromatic carbocycles. The largest absolute Gasteiger partial charge is 0.312 e. The van der Waals surface area contributed by atoms with Crippen LogP contribution in [0.15, 0.2) is 91.4 Å². The number of pyridine rings is 1. The van der Waals surface area contributed by atoms with Crippen LogP contribution in [0.25, 0.3) is 23.0 Å².